The molecule has 3 N–H and O–H groups in total. The van der Waals surface area contributed by atoms with Gasteiger partial charge in [0.2, 0.25) is 5.91 Å². The Morgan fingerprint density at radius 1 is 1.17 bits per heavy atom. The maximum absolute atomic E-state index is 16.0. The molecule has 42 heavy (non-hydrogen) atoms. The van der Waals surface area contributed by atoms with Crippen LogP contribution in [0.5, 0.6) is 0 Å². The molecular formula is C31H37Cl2FN4O4. The number of nitriles is 1. The molecule has 7 atom stereocenters. The van der Waals surface area contributed by atoms with E-state index in [-0.39, 0.29) is 29.2 Å². The molecule has 0 aromatic heterocycles. The second-order valence-corrected chi connectivity index (χ2v) is 13.5. The summed E-state index contributed by atoms with van der Waals surface area (Å²) in [6.07, 6.45) is -1.47. The average Bonchev–Trinajstić information content (AvgIpc) is 3.14. The van der Waals surface area contributed by atoms with Crippen LogP contribution in [-0.4, -0.2) is 70.3 Å². The second-order valence-electron chi connectivity index (χ2n) is 12.6. The number of nitrogens with zero attached hydrogens (tertiary/aromatic N) is 3. The lowest BCUT2D eigenvalue weighted by Gasteiger charge is -2.46. The zero-order valence-electron chi connectivity index (χ0n) is 24.4. The van der Waals surface area contributed by atoms with E-state index in [1.807, 2.05) is 39.5 Å². The molecule has 4 rings (SSSR count). The highest BCUT2D eigenvalue weighted by Crippen LogP contribution is 2.57. The number of aliphatic carboxylic acids is 1. The van der Waals surface area contributed by atoms with Crippen molar-refractivity contribution in [1.29, 1.82) is 5.26 Å². The number of amides is 1. The molecule has 0 bridgehead atoms. The number of rotatable bonds is 7. The average molecular weight is 620 g/mol. The number of hydrogen-bond acceptors (Lipinski definition) is 6. The number of nitrogens with two attached hydrogens (primary N) is 1. The largest absolute Gasteiger partial charge is 0.480 e. The summed E-state index contributed by atoms with van der Waals surface area (Å²) in [7, 11) is 0. The van der Waals surface area contributed by atoms with Gasteiger partial charge in [-0.15, -0.1) is 0 Å². The number of carbonyl (C=O) groups is 2. The third-order valence-electron chi connectivity index (χ3n) is 8.23. The van der Waals surface area contributed by atoms with Gasteiger partial charge < -0.3 is 15.6 Å². The summed E-state index contributed by atoms with van der Waals surface area (Å²) in [6, 6.07) is 11.0. The predicted octanol–water partition coefficient (Wildman–Crippen LogP) is 5.17. The van der Waals surface area contributed by atoms with Gasteiger partial charge in [0.15, 0.2) is 0 Å². The van der Waals surface area contributed by atoms with Crippen molar-refractivity contribution in [2.75, 3.05) is 13.1 Å². The quantitative estimate of drug-likeness (QED) is 0.439. The maximum Gasteiger partial charge on any atom is 0.321 e. The summed E-state index contributed by atoms with van der Waals surface area (Å²) in [4.78, 5) is 30.2. The van der Waals surface area contributed by atoms with Crippen LogP contribution in [0.15, 0.2) is 42.5 Å². The molecule has 0 saturated carbocycles. The first kappa shape index (κ1) is 32.2. The first-order chi connectivity index (χ1) is 19.6. The van der Waals surface area contributed by atoms with Gasteiger partial charge in [0.05, 0.1) is 23.3 Å². The fourth-order valence-corrected chi connectivity index (χ4v) is 7.22. The van der Waals surface area contributed by atoms with Crippen LogP contribution in [-0.2, 0) is 19.7 Å². The fraction of sp³-hybridized carbons (Fsp3) is 0.516. The topological polar surface area (TPSA) is 120 Å². The van der Waals surface area contributed by atoms with Crippen molar-refractivity contribution >= 4 is 35.1 Å². The number of likely N-dealkylation sites (tertiary alicyclic amines) is 1. The van der Waals surface area contributed by atoms with Gasteiger partial charge in [-0.3, -0.25) is 19.4 Å². The summed E-state index contributed by atoms with van der Waals surface area (Å²) in [6.45, 7) is 10.2. The summed E-state index contributed by atoms with van der Waals surface area (Å²) in [5, 5.41) is 22.4. The van der Waals surface area contributed by atoms with Gasteiger partial charge in [0.25, 0.3) is 0 Å². The van der Waals surface area contributed by atoms with Crippen LogP contribution in [0.3, 0.4) is 0 Å². The minimum atomic E-state index is -1.65. The van der Waals surface area contributed by atoms with E-state index in [0.717, 1.165) is 0 Å². The lowest BCUT2D eigenvalue weighted by molar-refractivity contribution is -0.157. The zero-order valence-corrected chi connectivity index (χ0v) is 25.9. The molecule has 8 nitrogen and oxygen atoms in total. The minimum Gasteiger partial charge on any atom is -0.480 e. The van der Waals surface area contributed by atoms with Gasteiger partial charge >= 0.3 is 5.97 Å². The molecule has 0 aliphatic carbocycles. The summed E-state index contributed by atoms with van der Waals surface area (Å²) >= 11 is 12.5. The van der Waals surface area contributed by atoms with Crippen LogP contribution >= 0.6 is 23.2 Å². The van der Waals surface area contributed by atoms with E-state index >= 15 is 4.39 Å². The number of halogens is 3. The van der Waals surface area contributed by atoms with E-state index in [2.05, 4.69) is 6.07 Å². The number of ether oxygens (including phenoxy) is 1. The summed E-state index contributed by atoms with van der Waals surface area (Å²) in [5.41, 5.74) is 4.43. The third kappa shape index (κ3) is 5.88. The van der Waals surface area contributed by atoms with Crippen LogP contribution in [0.4, 0.5) is 4.39 Å². The Morgan fingerprint density at radius 3 is 2.26 bits per heavy atom. The number of carbonyl (C=O) groups excluding carboxylic acids is 1. The molecule has 2 aliphatic rings. The fourth-order valence-electron chi connectivity index (χ4n) is 6.91. The monoisotopic (exact) mass is 618 g/mol. The molecule has 2 aromatic rings. The summed E-state index contributed by atoms with van der Waals surface area (Å²) in [5.74, 6) is -4.17. The Bertz CT molecular complexity index is 1370. The Balaban J connectivity index is 2.11. The highest BCUT2D eigenvalue weighted by Gasteiger charge is 2.66. The SMILES string of the molecule is CC1CN(C(C(N)=O)N2[C@@H](CC(C)(C)C)[C@](C#N)(c3ccc(Cl)cc3)[C@@H](c3cccc(Cl)c3F)[C@@H]2C(=O)O)CC(C)O1. The van der Waals surface area contributed by atoms with E-state index < -0.39 is 52.7 Å². The molecule has 2 saturated heterocycles. The standard InChI is InChI=1S/C31H37Cl2FN4O4/c1-17-14-37(15-18(2)42-17)28(27(36)39)38-23(13-30(3,4)5)31(16-35,19-9-11-20(32)12-10-19)24(26(38)29(40)41)21-7-6-8-22(33)25(21)34/h6-12,17-18,23-24,26,28H,13-15H2,1-5H3,(H2,36,39)(H,40,41)/t17?,18?,23-,24-,26+,28?,31-/m0/s1. The van der Waals surface area contributed by atoms with Gasteiger partial charge in [0, 0.05) is 30.1 Å². The van der Waals surface area contributed by atoms with Crippen molar-refractivity contribution in [3.8, 4) is 6.07 Å². The molecule has 226 valence electrons. The second kappa shape index (κ2) is 12.1. The molecular weight excluding hydrogens is 582 g/mol. The number of carboxylic acid groups (broad SMARTS) is 1. The van der Waals surface area contributed by atoms with Crippen molar-refractivity contribution in [2.24, 2.45) is 11.1 Å². The normalized spacial score (nSPS) is 29.6. The van der Waals surface area contributed by atoms with Crippen LogP contribution in [0.1, 0.15) is 58.1 Å². The molecule has 0 radical (unpaired) electrons. The zero-order chi connectivity index (χ0) is 31.1. The van der Waals surface area contributed by atoms with Gasteiger partial charge in [-0.25, -0.2) is 4.39 Å². The number of hydrogen-bond donors (Lipinski definition) is 2. The molecule has 2 heterocycles. The molecule has 2 fully saturated rings. The van der Waals surface area contributed by atoms with Crippen LogP contribution in [0.25, 0.3) is 0 Å². The van der Waals surface area contributed by atoms with E-state index in [1.165, 1.54) is 18.2 Å². The molecule has 11 heteroatoms. The van der Waals surface area contributed by atoms with Crippen LogP contribution in [0.2, 0.25) is 10.0 Å². The van der Waals surface area contributed by atoms with Crippen molar-refractivity contribution < 1.29 is 23.8 Å². The minimum absolute atomic E-state index is 0.0280. The molecule has 1 amide bonds. The van der Waals surface area contributed by atoms with Crippen molar-refractivity contribution in [2.45, 2.75) is 82.8 Å². The van der Waals surface area contributed by atoms with Gasteiger partial charge in [-0.2, -0.15) is 5.26 Å². The Morgan fingerprint density at radius 2 is 1.76 bits per heavy atom. The molecule has 3 unspecified atom stereocenters. The van der Waals surface area contributed by atoms with Crippen molar-refractivity contribution in [3.63, 3.8) is 0 Å². The van der Waals surface area contributed by atoms with Crippen molar-refractivity contribution in [1.82, 2.24) is 9.80 Å². The maximum atomic E-state index is 16.0. The van der Waals surface area contributed by atoms with E-state index in [1.54, 1.807) is 29.2 Å². The Kier molecular flexibility index (Phi) is 9.27. The summed E-state index contributed by atoms with van der Waals surface area (Å²) < 4.78 is 21.9. The smallest absolute Gasteiger partial charge is 0.321 e. The van der Waals surface area contributed by atoms with Gasteiger partial charge in [0.1, 0.15) is 23.4 Å². The van der Waals surface area contributed by atoms with E-state index in [9.17, 15) is 20.0 Å². The highest BCUT2D eigenvalue weighted by atomic mass is 35.5. The first-order valence-corrected chi connectivity index (χ1v) is 14.7. The number of carboxylic acids is 1. The first-order valence-electron chi connectivity index (χ1n) is 13.9. The number of morpholine rings is 1. The van der Waals surface area contributed by atoms with E-state index in [4.69, 9.17) is 33.7 Å². The van der Waals surface area contributed by atoms with E-state index in [0.29, 0.717) is 23.7 Å². The van der Waals surface area contributed by atoms with Crippen LogP contribution in [0, 0.1) is 22.6 Å². The Hall–Kier alpha value is -2.74. The third-order valence-corrected chi connectivity index (χ3v) is 8.77. The lowest BCUT2D eigenvalue weighted by Crippen LogP contribution is -2.65. The molecule has 2 aliphatic heterocycles. The van der Waals surface area contributed by atoms with Gasteiger partial charge in [-0.05, 0) is 55.0 Å². The molecule has 2 aromatic carbocycles. The van der Waals surface area contributed by atoms with Crippen LogP contribution < -0.4 is 5.73 Å². The number of primary amides is 1. The molecule has 0 spiro atoms. The highest BCUT2D eigenvalue weighted by molar-refractivity contribution is 6.31. The number of benzene rings is 2. The predicted molar refractivity (Wildman–Crippen MR) is 159 cm³/mol. The van der Waals surface area contributed by atoms with Gasteiger partial charge in [-0.1, -0.05) is 68.2 Å². The Labute approximate surface area is 256 Å². The van der Waals surface area contributed by atoms with Crippen molar-refractivity contribution in [3.05, 3.63) is 69.5 Å². The lowest BCUT2D eigenvalue weighted by atomic mass is 9.63.